The van der Waals surface area contributed by atoms with Crippen LogP contribution in [0.15, 0.2) is 41.6 Å². The SMILES string of the molecule is Cc1cc(OCc2nc(SCC(=O)Nc3cc([N+](=O)[O-])ccc3C)n[nH]2)ccc1Cl. The minimum atomic E-state index is -0.507. The Morgan fingerprint density at radius 3 is 2.80 bits per heavy atom. The predicted molar refractivity (Wildman–Crippen MR) is 114 cm³/mol. The molecular weight excluding hydrogens is 430 g/mol. The smallest absolute Gasteiger partial charge is 0.271 e. The standard InChI is InChI=1S/C19H18ClN5O4S/c1-11-3-4-13(25(27)28)8-16(11)21-18(26)10-30-19-22-17(23-24-19)9-29-14-5-6-15(20)12(2)7-14/h3-8H,9-10H2,1-2H3,(H,21,26)(H,22,23,24). The van der Waals surface area contributed by atoms with Crippen LogP contribution < -0.4 is 10.1 Å². The molecule has 0 radical (unpaired) electrons. The monoisotopic (exact) mass is 447 g/mol. The number of aryl methyl sites for hydroxylation is 2. The van der Waals surface area contributed by atoms with Gasteiger partial charge in [-0.1, -0.05) is 29.4 Å². The Morgan fingerprint density at radius 1 is 1.27 bits per heavy atom. The van der Waals surface area contributed by atoms with E-state index in [0.717, 1.165) is 22.9 Å². The van der Waals surface area contributed by atoms with E-state index in [1.807, 2.05) is 13.0 Å². The number of nitrogens with zero attached hydrogens (tertiary/aromatic N) is 3. The lowest BCUT2D eigenvalue weighted by Gasteiger charge is -2.07. The van der Waals surface area contributed by atoms with Gasteiger partial charge in [0.1, 0.15) is 12.4 Å². The van der Waals surface area contributed by atoms with Crippen molar-refractivity contribution in [2.24, 2.45) is 0 Å². The number of aromatic nitrogens is 3. The first-order valence-electron chi connectivity index (χ1n) is 8.80. The molecule has 9 nitrogen and oxygen atoms in total. The van der Waals surface area contributed by atoms with E-state index in [2.05, 4.69) is 20.5 Å². The summed E-state index contributed by atoms with van der Waals surface area (Å²) in [6.45, 7) is 3.84. The summed E-state index contributed by atoms with van der Waals surface area (Å²) in [5.74, 6) is 0.911. The molecule has 0 spiro atoms. The zero-order valence-electron chi connectivity index (χ0n) is 16.1. The van der Waals surface area contributed by atoms with E-state index < -0.39 is 4.92 Å². The fraction of sp³-hybridized carbons (Fsp3) is 0.211. The largest absolute Gasteiger partial charge is 0.486 e. The molecule has 1 aromatic heterocycles. The summed E-state index contributed by atoms with van der Waals surface area (Å²) in [7, 11) is 0. The number of non-ortho nitro benzene ring substituents is 1. The van der Waals surface area contributed by atoms with Crippen molar-refractivity contribution in [3.8, 4) is 5.75 Å². The van der Waals surface area contributed by atoms with Crippen LogP contribution in [0.3, 0.4) is 0 Å². The minimum Gasteiger partial charge on any atom is -0.486 e. The minimum absolute atomic E-state index is 0.0522. The number of carbonyl (C=O) groups is 1. The lowest BCUT2D eigenvalue weighted by Crippen LogP contribution is -2.15. The average Bonchev–Trinajstić information content (AvgIpc) is 3.17. The lowest BCUT2D eigenvalue weighted by atomic mass is 10.2. The highest BCUT2D eigenvalue weighted by atomic mass is 35.5. The van der Waals surface area contributed by atoms with Crippen molar-refractivity contribution in [2.75, 3.05) is 11.1 Å². The Morgan fingerprint density at radius 2 is 2.07 bits per heavy atom. The van der Waals surface area contributed by atoms with Gasteiger partial charge in [0.15, 0.2) is 5.82 Å². The van der Waals surface area contributed by atoms with Crippen LogP contribution in [-0.2, 0) is 11.4 Å². The van der Waals surface area contributed by atoms with Crippen molar-refractivity contribution in [2.45, 2.75) is 25.6 Å². The third kappa shape index (κ3) is 5.71. The number of thioether (sulfide) groups is 1. The number of nitrogens with one attached hydrogen (secondary N) is 2. The highest BCUT2D eigenvalue weighted by Gasteiger charge is 2.13. The van der Waals surface area contributed by atoms with Crippen molar-refractivity contribution in [3.05, 3.63) is 68.5 Å². The topological polar surface area (TPSA) is 123 Å². The number of aromatic amines is 1. The number of carbonyl (C=O) groups excluding carboxylic acids is 1. The number of anilines is 1. The van der Waals surface area contributed by atoms with Crippen LogP contribution in [0.5, 0.6) is 5.75 Å². The Kier molecular flexibility index (Phi) is 6.91. The number of ether oxygens (including phenoxy) is 1. The molecule has 1 amide bonds. The van der Waals surface area contributed by atoms with Crippen LogP contribution in [0.4, 0.5) is 11.4 Å². The number of H-pyrrole nitrogens is 1. The first-order chi connectivity index (χ1) is 14.3. The molecule has 3 aromatic rings. The zero-order chi connectivity index (χ0) is 21.7. The fourth-order valence-corrected chi connectivity index (χ4v) is 3.18. The third-order valence-electron chi connectivity index (χ3n) is 4.05. The van der Waals surface area contributed by atoms with Gasteiger partial charge in [-0.05, 0) is 43.2 Å². The number of hydrogen-bond acceptors (Lipinski definition) is 7. The average molecular weight is 448 g/mol. The molecule has 3 rings (SSSR count). The summed E-state index contributed by atoms with van der Waals surface area (Å²) in [6, 6.07) is 9.66. The van der Waals surface area contributed by atoms with Crippen LogP contribution in [0.25, 0.3) is 0 Å². The third-order valence-corrected chi connectivity index (χ3v) is 5.33. The van der Waals surface area contributed by atoms with E-state index in [0.29, 0.717) is 27.4 Å². The number of rotatable bonds is 8. The second kappa shape index (κ2) is 9.59. The molecule has 0 saturated carbocycles. The number of hydrogen-bond donors (Lipinski definition) is 2. The number of benzene rings is 2. The van der Waals surface area contributed by atoms with Crippen LogP contribution in [0, 0.1) is 24.0 Å². The Bertz CT molecular complexity index is 1090. The van der Waals surface area contributed by atoms with E-state index >= 15 is 0 Å². The van der Waals surface area contributed by atoms with Crippen LogP contribution in [-0.4, -0.2) is 31.8 Å². The quantitative estimate of drug-likeness (QED) is 0.300. The fourth-order valence-electron chi connectivity index (χ4n) is 2.44. The van der Waals surface area contributed by atoms with E-state index in [4.69, 9.17) is 16.3 Å². The molecule has 1 heterocycles. The molecule has 0 atom stereocenters. The van der Waals surface area contributed by atoms with Crippen molar-refractivity contribution < 1.29 is 14.5 Å². The highest BCUT2D eigenvalue weighted by Crippen LogP contribution is 2.23. The summed E-state index contributed by atoms with van der Waals surface area (Å²) in [5.41, 5.74) is 1.96. The number of amides is 1. The summed E-state index contributed by atoms with van der Waals surface area (Å²) in [4.78, 5) is 26.9. The van der Waals surface area contributed by atoms with Crippen molar-refractivity contribution >= 4 is 40.6 Å². The highest BCUT2D eigenvalue weighted by molar-refractivity contribution is 7.99. The van der Waals surface area contributed by atoms with Gasteiger partial charge in [-0.2, -0.15) is 0 Å². The Hall–Kier alpha value is -3.11. The molecule has 0 aliphatic carbocycles. The van der Waals surface area contributed by atoms with E-state index in [1.165, 1.54) is 12.1 Å². The van der Waals surface area contributed by atoms with Gasteiger partial charge in [0.2, 0.25) is 11.1 Å². The second-order valence-electron chi connectivity index (χ2n) is 6.36. The summed E-state index contributed by atoms with van der Waals surface area (Å²) < 4.78 is 5.65. The van der Waals surface area contributed by atoms with Gasteiger partial charge < -0.3 is 10.1 Å². The van der Waals surface area contributed by atoms with Crippen LogP contribution >= 0.6 is 23.4 Å². The second-order valence-corrected chi connectivity index (χ2v) is 7.71. The number of nitro groups is 1. The van der Waals surface area contributed by atoms with Gasteiger partial charge in [-0.3, -0.25) is 20.0 Å². The number of nitro benzene ring substituents is 1. The van der Waals surface area contributed by atoms with Gasteiger partial charge in [-0.25, -0.2) is 4.98 Å². The van der Waals surface area contributed by atoms with Gasteiger partial charge in [-0.15, -0.1) is 5.10 Å². The van der Waals surface area contributed by atoms with Gasteiger partial charge >= 0.3 is 0 Å². The Labute approximate surface area is 181 Å². The first-order valence-corrected chi connectivity index (χ1v) is 10.2. The maximum atomic E-state index is 12.2. The molecule has 2 aromatic carbocycles. The molecule has 11 heteroatoms. The van der Waals surface area contributed by atoms with E-state index in [-0.39, 0.29) is 24.0 Å². The molecule has 30 heavy (non-hydrogen) atoms. The Balaban J connectivity index is 1.51. The lowest BCUT2D eigenvalue weighted by molar-refractivity contribution is -0.384. The van der Waals surface area contributed by atoms with Crippen molar-refractivity contribution in [3.63, 3.8) is 0 Å². The molecule has 156 valence electrons. The molecule has 0 aliphatic heterocycles. The van der Waals surface area contributed by atoms with Gasteiger partial charge in [0, 0.05) is 17.2 Å². The summed E-state index contributed by atoms with van der Waals surface area (Å²) in [5, 5.41) is 21.4. The molecule has 0 bridgehead atoms. The maximum Gasteiger partial charge on any atom is 0.271 e. The summed E-state index contributed by atoms with van der Waals surface area (Å²) in [6.07, 6.45) is 0. The molecule has 2 N–H and O–H groups in total. The van der Waals surface area contributed by atoms with E-state index in [9.17, 15) is 14.9 Å². The molecule has 0 fully saturated rings. The van der Waals surface area contributed by atoms with Crippen molar-refractivity contribution in [1.29, 1.82) is 0 Å². The predicted octanol–water partition coefficient (Wildman–Crippen LogP) is 4.29. The first kappa shape index (κ1) is 21.6. The van der Waals surface area contributed by atoms with E-state index in [1.54, 1.807) is 25.1 Å². The van der Waals surface area contributed by atoms with Gasteiger partial charge in [0.25, 0.3) is 5.69 Å². The zero-order valence-corrected chi connectivity index (χ0v) is 17.7. The molecule has 0 aliphatic rings. The molecule has 0 unspecified atom stereocenters. The maximum absolute atomic E-state index is 12.2. The summed E-state index contributed by atoms with van der Waals surface area (Å²) >= 11 is 7.13. The molecular formula is C19H18ClN5O4S. The van der Waals surface area contributed by atoms with Gasteiger partial charge in [0.05, 0.1) is 16.4 Å². The van der Waals surface area contributed by atoms with Crippen LogP contribution in [0.1, 0.15) is 17.0 Å². The molecule has 0 saturated heterocycles. The van der Waals surface area contributed by atoms with Crippen LogP contribution in [0.2, 0.25) is 5.02 Å². The normalized spacial score (nSPS) is 10.6. The van der Waals surface area contributed by atoms with Crippen molar-refractivity contribution in [1.82, 2.24) is 15.2 Å². The number of halogens is 1.